The Morgan fingerprint density at radius 2 is 1.95 bits per heavy atom. The van der Waals surface area contributed by atoms with Gasteiger partial charge >= 0.3 is 12.2 Å². The molecule has 0 bridgehead atoms. The Labute approximate surface area is 114 Å². The molecule has 2 amide bonds. The van der Waals surface area contributed by atoms with E-state index in [4.69, 9.17) is 5.73 Å². The van der Waals surface area contributed by atoms with Crippen LogP contribution in [0.15, 0.2) is 24.3 Å². The van der Waals surface area contributed by atoms with Crippen molar-refractivity contribution in [2.75, 3.05) is 19.6 Å². The zero-order chi connectivity index (χ0) is 14.8. The highest BCUT2D eigenvalue weighted by Crippen LogP contribution is 2.30. The van der Waals surface area contributed by atoms with Crippen LogP contribution in [-0.4, -0.2) is 30.6 Å². The molecule has 4 nitrogen and oxygen atoms in total. The maximum absolute atomic E-state index is 12.5. The van der Waals surface area contributed by atoms with Gasteiger partial charge < -0.3 is 16.0 Å². The standard InChI is InChI=1S/C13H16F3N3O/c14-13(15,16)10-3-1-9(2-4-10)11-5-7-19(8-6-17)12(20)18-11/h1-4,11H,5-8,17H2,(H,18,20). The predicted octanol–water partition coefficient (Wildman–Crippen LogP) is 2.12. The molecule has 110 valence electrons. The van der Waals surface area contributed by atoms with Crippen LogP contribution < -0.4 is 11.1 Å². The first-order valence-corrected chi connectivity index (χ1v) is 6.34. The predicted molar refractivity (Wildman–Crippen MR) is 68.0 cm³/mol. The highest BCUT2D eigenvalue weighted by Gasteiger charge is 2.31. The molecule has 1 fully saturated rings. The SMILES string of the molecule is NCCN1CCC(c2ccc(C(F)(F)F)cc2)NC1=O. The van der Waals surface area contributed by atoms with Gasteiger partial charge in [-0.1, -0.05) is 12.1 Å². The van der Waals surface area contributed by atoms with Crippen molar-refractivity contribution in [2.45, 2.75) is 18.6 Å². The van der Waals surface area contributed by atoms with E-state index >= 15 is 0 Å². The summed E-state index contributed by atoms with van der Waals surface area (Å²) in [5.74, 6) is 0. The lowest BCUT2D eigenvalue weighted by atomic mass is 10.0. The van der Waals surface area contributed by atoms with Gasteiger partial charge in [-0.25, -0.2) is 4.79 Å². The molecule has 0 radical (unpaired) electrons. The third kappa shape index (κ3) is 3.22. The van der Waals surface area contributed by atoms with Crippen LogP contribution in [0.2, 0.25) is 0 Å². The summed E-state index contributed by atoms with van der Waals surface area (Å²) in [7, 11) is 0. The van der Waals surface area contributed by atoms with Crippen molar-refractivity contribution in [2.24, 2.45) is 5.73 Å². The van der Waals surface area contributed by atoms with E-state index in [0.717, 1.165) is 12.1 Å². The van der Waals surface area contributed by atoms with Crippen LogP contribution in [0, 0.1) is 0 Å². The maximum atomic E-state index is 12.5. The van der Waals surface area contributed by atoms with Crippen molar-refractivity contribution in [1.29, 1.82) is 0 Å². The van der Waals surface area contributed by atoms with Gasteiger partial charge in [0.15, 0.2) is 0 Å². The van der Waals surface area contributed by atoms with Crippen molar-refractivity contribution >= 4 is 6.03 Å². The van der Waals surface area contributed by atoms with E-state index < -0.39 is 11.7 Å². The third-order valence-electron chi connectivity index (χ3n) is 3.31. The summed E-state index contributed by atoms with van der Waals surface area (Å²) in [5.41, 5.74) is 5.39. The number of carbonyl (C=O) groups is 1. The van der Waals surface area contributed by atoms with Gasteiger partial charge in [0.2, 0.25) is 0 Å². The molecule has 1 aliphatic heterocycles. The molecule has 1 aromatic carbocycles. The average molecular weight is 287 g/mol. The highest BCUT2D eigenvalue weighted by atomic mass is 19.4. The lowest BCUT2D eigenvalue weighted by Gasteiger charge is -2.33. The van der Waals surface area contributed by atoms with Crippen molar-refractivity contribution in [1.82, 2.24) is 10.2 Å². The van der Waals surface area contributed by atoms with Crippen molar-refractivity contribution in [3.63, 3.8) is 0 Å². The zero-order valence-corrected chi connectivity index (χ0v) is 10.8. The molecule has 1 aliphatic rings. The second-order valence-electron chi connectivity index (χ2n) is 4.69. The number of benzene rings is 1. The zero-order valence-electron chi connectivity index (χ0n) is 10.8. The van der Waals surface area contributed by atoms with E-state index in [1.165, 1.54) is 12.1 Å². The number of hydrogen-bond acceptors (Lipinski definition) is 2. The monoisotopic (exact) mass is 287 g/mol. The average Bonchev–Trinajstić information content (AvgIpc) is 2.40. The largest absolute Gasteiger partial charge is 0.416 e. The molecule has 1 aromatic rings. The number of nitrogens with one attached hydrogen (secondary N) is 1. The lowest BCUT2D eigenvalue weighted by Crippen LogP contribution is -2.49. The van der Waals surface area contributed by atoms with Crippen LogP contribution in [0.3, 0.4) is 0 Å². The summed E-state index contributed by atoms with van der Waals surface area (Å²) in [6.45, 7) is 1.42. The van der Waals surface area contributed by atoms with E-state index in [1.54, 1.807) is 4.90 Å². The second kappa shape index (κ2) is 5.70. The number of urea groups is 1. The molecule has 1 unspecified atom stereocenters. The van der Waals surface area contributed by atoms with Crippen LogP contribution in [0.25, 0.3) is 0 Å². The number of amides is 2. The second-order valence-corrected chi connectivity index (χ2v) is 4.69. The number of alkyl halides is 3. The van der Waals surface area contributed by atoms with Gasteiger partial charge in [-0.05, 0) is 24.1 Å². The van der Waals surface area contributed by atoms with Gasteiger partial charge in [0.25, 0.3) is 0 Å². The molecule has 1 heterocycles. The van der Waals surface area contributed by atoms with E-state index in [-0.39, 0.29) is 12.1 Å². The van der Waals surface area contributed by atoms with Gasteiger partial charge in [-0.15, -0.1) is 0 Å². The Hall–Kier alpha value is -1.76. The fourth-order valence-corrected chi connectivity index (χ4v) is 2.22. The first-order valence-electron chi connectivity index (χ1n) is 6.34. The van der Waals surface area contributed by atoms with Crippen LogP contribution in [0.1, 0.15) is 23.6 Å². The molecule has 7 heteroatoms. The molecule has 3 N–H and O–H groups in total. The lowest BCUT2D eigenvalue weighted by molar-refractivity contribution is -0.137. The molecule has 0 spiro atoms. The summed E-state index contributed by atoms with van der Waals surface area (Å²) < 4.78 is 37.4. The molecule has 0 aliphatic carbocycles. The fourth-order valence-electron chi connectivity index (χ4n) is 2.22. The van der Waals surface area contributed by atoms with Crippen LogP contribution in [0.4, 0.5) is 18.0 Å². The molecule has 0 saturated carbocycles. The van der Waals surface area contributed by atoms with Crippen molar-refractivity contribution < 1.29 is 18.0 Å². The molecule has 1 atom stereocenters. The maximum Gasteiger partial charge on any atom is 0.416 e. The normalized spacial score (nSPS) is 19.9. The Balaban J connectivity index is 2.05. The van der Waals surface area contributed by atoms with Crippen LogP contribution in [-0.2, 0) is 6.18 Å². The molecular formula is C13H16F3N3O. The first-order chi connectivity index (χ1) is 9.41. The van der Waals surface area contributed by atoms with Crippen LogP contribution >= 0.6 is 0 Å². The topological polar surface area (TPSA) is 58.4 Å². The fraction of sp³-hybridized carbons (Fsp3) is 0.462. The van der Waals surface area contributed by atoms with Crippen molar-refractivity contribution in [3.8, 4) is 0 Å². The number of nitrogens with zero attached hydrogens (tertiary/aromatic N) is 1. The minimum atomic E-state index is -4.34. The summed E-state index contributed by atoms with van der Waals surface area (Å²) in [6, 6.07) is 4.41. The Morgan fingerprint density at radius 1 is 1.30 bits per heavy atom. The Bertz CT molecular complexity index is 473. The summed E-state index contributed by atoms with van der Waals surface area (Å²) in [6.07, 6.45) is -3.69. The summed E-state index contributed by atoms with van der Waals surface area (Å²) in [4.78, 5) is 13.4. The summed E-state index contributed by atoms with van der Waals surface area (Å²) in [5, 5.41) is 2.78. The van der Waals surface area contributed by atoms with Gasteiger partial charge in [-0.2, -0.15) is 13.2 Å². The van der Waals surface area contributed by atoms with E-state index in [9.17, 15) is 18.0 Å². The number of rotatable bonds is 3. The van der Waals surface area contributed by atoms with Gasteiger partial charge in [-0.3, -0.25) is 0 Å². The molecule has 20 heavy (non-hydrogen) atoms. The van der Waals surface area contributed by atoms with E-state index in [2.05, 4.69) is 5.32 Å². The number of halogens is 3. The third-order valence-corrected chi connectivity index (χ3v) is 3.31. The van der Waals surface area contributed by atoms with Crippen molar-refractivity contribution in [3.05, 3.63) is 35.4 Å². The molecule has 2 rings (SSSR count). The quantitative estimate of drug-likeness (QED) is 0.894. The van der Waals surface area contributed by atoms with Gasteiger partial charge in [0.05, 0.1) is 11.6 Å². The van der Waals surface area contributed by atoms with E-state index in [1.807, 2.05) is 0 Å². The number of carbonyl (C=O) groups excluding carboxylic acids is 1. The Morgan fingerprint density at radius 3 is 2.45 bits per heavy atom. The molecule has 1 saturated heterocycles. The molecular weight excluding hydrogens is 271 g/mol. The van der Waals surface area contributed by atoms with Crippen LogP contribution in [0.5, 0.6) is 0 Å². The van der Waals surface area contributed by atoms with E-state index in [0.29, 0.717) is 31.6 Å². The number of hydrogen-bond donors (Lipinski definition) is 2. The van der Waals surface area contributed by atoms with Gasteiger partial charge in [0, 0.05) is 19.6 Å². The van der Waals surface area contributed by atoms with Gasteiger partial charge in [0.1, 0.15) is 0 Å². The number of nitrogens with two attached hydrogens (primary N) is 1. The minimum Gasteiger partial charge on any atom is -0.331 e. The Kier molecular flexibility index (Phi) is 4.17. The minimum absolute atomic E-state index is 0.230. The highest BCUT2D eigenvalue weighted by molar-refractivity contribution is 5.75. The summed E-state index contributed by atoms with van der Waals surface area (Å²) >= 11 is 0. The molecule has 0 aromatic heterocycles. The smallest absolute Gasteiger partial charge is 0.331 e. The first kappa shape index (κ1) is 14.6.